The molecule has 0 spiro atoms. The molecule has 1 amide bonds. The van der Waals surface area contributed by atoms with Gasteiger partial charge in [-0.1, -0.05) is 36.4 Å². The van der Waals surface area contributed by atoms with Crippen molar-refractivity contribution in [3.8, 4) is 0 Å². The molecule has 2 N–H and O–H groups in total. The Morgan fingerprint density at radius 3 is 2.32 bits per heavy atom. The van der Waals surface area contributed by atoms with E-state index in [1.54, 1.807) is 0 Å². The second-order valence-corrected chi connectivity index (χ2v) is 4.98. The molecule has 0 aromatic heterocycles. The van der Waals surface area contributed by atoms with Crippen LogP contribution in [0.15, 0.2) is 48.5 Å². The first-order chi connectivity index (χ1) is 10.6. The third-order valence-electron chi connectivity index (χ3n) is 3.33. The molecular weight excluding hydrogens is 286 g/mol. The maximum atomic E-state index is 13.4. The van der Waals surface area contributed by atoms with E-state index in [1.807, 2.05) is 37.3 Å². The molecular formula is C17H18F2N2O. The van der Waals surface area contributed by atoms with Crippen LogP contribution in [-0.4, -0.2) is 12.5 Å². The third kappa shape index (κ3) is 4.36. The minimum Gasteiger partial charge on any atom is -0.321 e. The van der Waals surface area contributed by atoms with Crippen molar-refractivity contribution in [2.24, 2.45) is 0 Å². The van der Waals surface area contributed by atoms with Crippen molar-refractivity contribution in [2.45, 2.75) is 19.4 Å². The lowest BCUT2D eigenvalue weighted by Gasteiger charge is -2.14. The maximum Gasteiger partial charge on any atom is 0.225 e. The summed E-state index contributed by atoms with van der Waals surface area (Å²) < 4.78 is 26.8. The van der Waals surface area contributed by atoms with E-state index in [-0.39, 0.29) is 12.5 Å². The lowest BCUT2D eigenvalue weighted by Crippen LogP contribution is -2.24. The Morgan fingerprint density at radius 1 is 1.05 bits per heavy atom. The Bertz CT molecular complexity index is 612. The van der Waals surface area contributed by atoms with Gasteiger partial charge in [0.15, 0.2) is 0 Å². The van der Waals surface area contributed by atoms with Crippen LogP contribution in [0.2, 0.25) is 0 Å². The summed E-state index contributed by atoms with van der Waals surface area (Å²) in [6.07, 6.45) is 0.130. The predicted molar refractivity (Wildman–Crippen MR) is 82.5 cm³/mol. The molecule has 0 fully saturated rings. The first kappa shape index (κ1) is 16.1. The van der Waals surface area contributed by atoms with Gasteiger partial charge in [-0.05, 0) is 24.6 Å². The summed E-state index contributed by atoms with van der Waals surface area (Å²) in [5.74, 6) is -1.99. The molecule has 1 unspecified atom stereocenters. The summed E-state index contributed by atoms with van der Waals surface area (Å²) >= 11 is 0. The normalized spacial score (nSPS) is 12.0. The summed E-state index contributed by atoms with van der Waals surface area (Å²) in [5.41, 5.74) is 0.715. The van der Waals surface area contributed by atoms with Crippen LogP contribution in [0.3, 0.4) is 0 Å². The van der Waals surface area contributed by atoms with Gasteiger partial charge in [0.1, 0.15) is 17.3 Å². The van der Waals surface area contributed by atoms with Gasteiger partial charge in [0.2, 0.25) is 5.91 Å². The first-order valence-electron chi connectivity index (χ1n) is 7.10. The Morgan fingerprint density at radius 2 is 1.68 bits per heavy atom. The number of amides is 1. The summed E-state index contributed by atoms with van der Waals surface area (Å²) in [4.78, 5) is 11.8. The summed E-state index contributed by atoms with van der Waals surface area (Å²) in [7, 11) is 0. The van der Waals surface area contributed by atoms with Gasteiger partial charge < -0.3 is 10.6 Å². The topological polar surface area (TPSA) is 41.1 Å². The number of rotatable bonds is 6. The Hall–Kier alpha value is -2.27. The van der Waals surface area contributed by atoms with Gasteiger partial charge in [-0.15, -0.1) is 0 Å². The number of halogens is 2. The molecule has 0 aliphatic carbocycles. The molecule has 2 aromatic rings. The van der Waals surface area contributed by atoms with Gasteiger partial charge in [0.05, 0.1) is 0 Å². The van der Waals surface area contributed by atoms with Crippen LogP contribution in [-0.2, 0) is 4.79 Å². The van der Waals surface area contributed by atoms with Crippen molar-refractivity contribution >= 4 is 11.6 Å². The maximum absolute atomic E-state index is 13.4. The zero-order chi connectivity index (χ0) is 15.9. The van der Waals surface area contributed by atoms with E-state index >= 15 is 0 Å². The lowest BCUT2D eigenvalue weighted by molar-refractivity contribution is -0.116. The highest BCUT2D eigenvalue weighted by atomic mass is 19.1. The zero-order valence-corrected chi connectivity index (χ0v) is 12.3. The van der Waals surface area contributed by atoms with Crippen LogP contribution in [0, 0.1) is 11.6 Å². The highest BCUT2D eigenvalue weighted by Crippen LogP contribution is 2.18. The summed E-state index contributed by atoms with van der Waals surface area (Å²) in [6, 6.07) is 13.4. The van der Waals surface area contributed by atoms with Gasteiger partial charge >= 0.3 is 0 Å². The van der Waals surface area contributed by atoms with Crippen molar-refractivity contribution in [2.75, 3.05) is 11.9 Å². The molecule has 2 rings (SSSR count). The Balaban J connectivity index is 1.81. The third-order valence-corrected chi connectivity index (χ3v) is 3.33. The molecule has 22 heavy (non-hydrogen) atoms. The monoisotopic (exact) mass is 304 g/mol. The van der Waals surface area contributed by atoms with E-state index in [4.69, 9.17) is 0 Å². The molecule has 2 aromatic carbocycles. The summed E-state index contributed by atoms with van der Waals surface area (Å²) in [6.45, 7) is 2.40. The van der Waals surface area contributed by atoms with Crippen molar-refractivity contribution < 1.29 is 13.6 Å². The molecule has 0 aliphatic heterocycles. The standard InChI is InChI=1S/C17H18F2N2O/c1-12(13-6-3-2-4-7-13)20-11-10-16(22)21-17-14(18)8-5-9-15(17)19/h2-9,12,20H,10-11H2,1H3,(H,21,22). The van der Waals surface area contributed by atoms with Crippen LogP contribution in [0.5, 0.6) is 0 Å². The van der Waals surface area contributed by atoms with Gasteiger partial charge in [-0.3, -0.25) is 4.79 Å². The van der Waals surface area contributed by atoms with E-state index < -0.39 is 23.2 Å². The second-order valence-electron chi connectivity index (χ2n) is 4.98. The number of carbonyl (C=O) groups is 1. The smallest absolute Gasteiger partial charge is 0.225 e. The van der Waals surface area contributed by atoms with Gasteiger partial charge in [-0.2, -0.15) is 0 Å². The molecule has 5 heteroatoms. The molecule has 0 saturated heterocycles. The fourth-order valence-corrected chi connectivity index (χ4v) is 2.08. The zero-order valence-electron chi connectivity index (χ0n) is 12.3. The van der Waals surface area contributed by atoms with Crippen LogP contribution in [0.4, 0.5) is 14.5 Å². The number of hydrogen-bond donors (Lipinski definition) is 2. The van der Waals surface area contributed by atoms with Crippen LogP contribution in [0.1, 0.15) is 24.9 Å². The minimum absolute atomic E-state index is 0.0965. The quantitative estimate of drug-likeness (QED) is 0.855. The predicted octanol–water partition coefficient (Wildman–Crippen LogP) is 3.64. The van der Waals surface area contributed by atoms with E-state index in [0.717, 1.165) is 17.7 Å². The number of benzene rings is 2. The van der Waals surface area contributed by atoms with Crippen molar-refractivity contribution in [1.29, 1.82) is 0 Å². The lowest BCUT2D eigenvalue weighted by atomic mass is 10.1. The van der Waals surface area contributed by atoms with Crippen LogP contribution < -0.4 is 10.6 Å². The van der Waals surface area contributed by atoms with Crippen LogP contribution >= 0.6 is 0 Å². The molecule has 0 heterocycles. The van der Waals surface area contributed by atoms with E-state index in [1.165, 1.54) is 6.07 Å². The van der Waals surface area contributed by atoms with E-state index in [0.29, 0.717) is 6.54 Å². The van der Waals surface area contributed by atoms with Crippen molar-refractivity contribution in [3.63, 3.8) is 0 Å². The van der Waals surface area contributed by atoms with E-state index in [9.17, 15) is 13.6 Å². The van der Waals surface area contributed by atoms with Crippen molar-refractivity contribution in [3.05, 3.63) is 65.7 Å². The average molecular weight is 304 g/mol. The highest BCUT2D eigenvalue weighted by Gasteiger charge is 2.12. The van der Waals surface area contributed by atoms with Gasteiger partial charge in [0.25, 0.3) is 0 Å². The molecule has 0 radical (unpaired) electrons. The van der Waals surface area contributed by atoms with Crippen LogP contribution in [0.25, 0.3) is 0 Å². The van der Waals surface area contributed by atoms with Crippen molar-refractivity contribution in [1.82, 2.24) is 5.32 Å². The Labute approximate surface area is 128 Å². The molecule has 116 valence electrons. The highest BCUT2D eigenvalue weighted by molar-refractivity contribution is 5.91. The second kappa shape index (κ2) is 7.66. The molecule has 0 saturated carbocycles. The van der Waals surface area contributed by atoms with Gasteiger partial charge in [-0.25, -0.2) is 8.78 Å². The SMILES string of the molecule is CC(NCCC(=O)Nc1c(F)cccc1F)c1ccccc1. The van der Waals surface area contributed by atoms with Gasteiger partial charge in [0, 0.05) is 19.0 Å². The fourth-order valence-electron chi connectivity index (χ4n) is 2.08. The number of hydrogen-bond acceptors (Lipinski definition) is 2. The number of para-hydroxylation sites is 1. The Kier molecular flexibility index (Phi) is 5.61. The fraction of sp³-hybridized carbons (Fsp3) is 0.235. The largest absolute Gasteiger partial charge is 0.321 e. The molecule has 1 atom stereocenters. The number of anilines is 1. The van der Waals surface area contributed by atoms with E-state index in [2.05, 4.69) is 10.6 Å². The minimum atomic E-state index is -0.779. The number of nitrogens with one attached hydrogen (secondary N) is 2. The average Bonchev–Trinajstić information content (AvgIpc) is 2.52. The molecule has 0 bridgehead atoms. The molecule has 0 aliphatic rings. The molecule has 3 nitrogen and oxygen atoms in total. The number of carbonyl (C=O) groups excluding carboxylic acids is 1. The first-order valence-corrected chi connectivity index (χ1v) is 7.10. The summed E-state index contributed by atoms with van der Waals surface area (Å²) in [5, 5.41) is 5.46.